The molecular formula is C13H11BrN4O5S. The quantitative estimate of drug-likeness (QED) is 0.542. The number of hydrogen-bond donors (Lipinski definition) is 2. The number of esters is 1. The van der Waals surface area contributed by atoms with Gasteiger partial charge in [-0.15, -0.1) is 4.83 Å². The summed E-state index contributed by atoms with van der Waals surface area (Å²) in [5.41, 5.74) is 1.73. The molecule has 0 saturated carbocycles. The minimum atomic E-state index is -4.22. The van der Waals surface area contributed by atoms with Gasteiger partial charge in [0.15, 0.2) is 0 Å². The van der Waals surface area contributed by atoms with Crippen LogP contribution in [0.1, 0.15) is 20.8 Å². The molecule has 0 spiro atoms. The number of sulfonamides is 1. The maximum atomic E-state index is 12.3. The average molecular weight is 415 g/mol. The first-order chi connectivity index (χ1) is 11.3. The number of methoxy groups -OCH3 is 1. The van der Waals surface area contributed by atoms with E-state index >= 15 is 0 Å². The van der Waals surface area contributed by atoms with Gasteiger partial charge >= 0.3 is 5.97 Å². The maximum absolute atomic E-state index is 12.3. The van der Waals surface area contributed by atoms with Gasteiger partial charge in [0.05, 0.1) is 23.8 Å². The van der Waals surface area contributed by atoms with E-state index in [9.17, 15) is 18.0 Å². The lowest BCUT2D eigenvalue weighted by molar-refractivity contribution is 0.0596. The van der Waals surface area contributed by atoms with E-state index in [1.807, 2.05) is 10.3 Å². The van der Waals surface area contributed by atoms with Crippen molar-refractivity contribution >= 4 is 37.8 Å². The number of ether oxygens (including phenoxy) is 1. The number of hydrogen-bond acceptors (Lipinski definition) is 7. The van der Waals surface area contributed by atoms with Crippen LogP contribution < -0.4 is 10.3 Å². The van der Waals surface area contributed by atoms with Crippen LogP contribution in [-0.2, 0) is 14.8 Å². The third-order valence-electron chi connectivity index (χ3n) is 2.73. The maximum Gasteiger partial charge on any atom is 0.339 e. The standard InChI is InChI=1S/C13H11BrN4O5S/c1-23-13(20)9-6-8(14)2-3-11(9)24(21,22)18-17-12(19)10-7-15-4-5-16-10/h2-7,18H,1H3,(H,17,19). The molecule has 0 fully saturated rings. The number of rotatable bonds is 5. The molecule has 2 aromatic rings. The average Bonchev–Trinajstić information content (AvgIpc) is 2.59. The monoisotopic (exact) mass is 414 g/mol. The van der Waals surface area contributed by atoms with Gasteiger partial charge in [-0.1, -0.05) is 15.9 Å². The lowest BCUT2D eigenvalue weighted by Gasteiger charge is -2.11. The number of carbonyl (C=O) groups is 2. The Morgan fingerprint density at radius 1 is 1.25 bits per heavy atom. The van der Waals surface area contributed by atoms with Gasteiger partial charge in [0.25, 0.3) is 15.9 Å². The molecule has 1 aromatic heterocycles. The number of hydrazine groups is 1. The second-order valence-corrected chi connectivity index (χ2v) is 6.85. The molecule has 1 amide bonds. The molecule has 11 heteroatoms. The number of carbonyl (C=O) groups excluding carboxylic acids is 2. The van der Waals surface area contributed by atoms with Gasteiger partial charge in [-0.05, 0) is 18.2 Å². The molecule has 2 N–H and O–H groups in total. The first kappa shape index (κ1) is 18.0. The molecule has 0 bridgehead atoms. The van der Waals surface area contributed by atoms with Gasteiger partial charge < -0.3 is 4.74 Å². The number of nitrogens with zero attached hydrogens (tertiary/aromatic N) is 2. The van der Waals surface area contributed by atoms with Crippen molar-refractivity contribution < 1.29 is 22.7 Å². The van der Waals surface area contributed by atoms with E-state index in [0.717, 1.165) is 7.11 Å². The van der Waals surface area contributed by atoms with Crippen LogP contribution in [0.25, 0.3) is 0 Å². The van der Waals surface area contributed by atoms with Gasteiger partial charge in [-0.25, -0.2) is 18.2 Å². The van der Waals surface area contributed by atoms with Crippen molar-refractivity contribution in [3.63, 3.8) is 0 Å². The third kappa shape index (κ3) is 4.13. The van der Waals surface area contributed by atoms with Crippen molar-refractivity contribution in [1.29, 1.82) is 0 Å². The molecule has 0 aliphatic heterocycles. The highest BCUT2D eigenvalue weighted by Gasteiger charge is 2.24. The Morgan fingerprint density at radius 2 is 2.00 bits per heavy atom. The summed E-state index contributed by atoms with van der Waals surface area (Å²) in [5.74, 6) is -1.64. The molecule has 9 nitrogen and oxygen atoms in total. The topological polar surface area (TPSA) is 127 Å². The van der Waals surface area contributed by atoms with Gasteiger partial charge in [-0.3, -0.25) is 15.2 Å². The highest BCUT2D eigenvalue weighted by molar-refractivity contribution is 9.10. The second-order valence-electron chi connectivity index (χ2n) is 4.28. The molecule has 0 aliphatic carbocycles. The zero-order valence-corrected chi connectivity index (χ0v) is 14.6. The van der Waals surface area contributed by atoms with E-state index in [2.05, 4.69) is 30.6 Å². The zero-order valence-electron chi connectivity index (χ0n) is 12.2. The molecule has 0 saturated heterocycles. The highest BCUT2D eigenvalue weighted by atomic mass is 79.9. The van der Waals surface area contributed by atoms with Crippen molar-refractivity contribution in [2.45, 2.75) is 4.90 Å². The van der Waals surface area contributed by atoms with Gasteiger partial charge in [-0.2, -0.15) is 0 Å². The van der Waals surface area contributed by atoms with Crippen molar-refractivity contribution in [1.82, 2.24) is 20.2 Å². The Kier molecular flexibility index (Phi) is 5.59. The predicted molar refractivity (Wildman–Crippen MR) is 85.3 cm³/mol. The lowest BCUT2D eigenvalue weighted by Crippen LogP contribution is -2.42. The third-order valence-corrected chi connectivity index (χ3v) is 4.53. The Morgan fingerprint density at radius 3 is 2.62 bits per heavy atom. The molecule has 24 heavy (non-hydrogen) atoms. The van der Waals surface area contributed by atoms with E-state index in [1.54, 1.807) is 0 Å². The minimum Gasteiger partial charge on any atom is -0.465 e. The number of nitrogens with one attached hydrogen (secondary N) is 2. The summed E-state index contributed by atoms with van der Waals surface area (Å²) in [5, 5.41) is 0. The van der Waals surface area contributed by atoms with Crippen LogP contribution in [0.2, 0.25) is 0 Å². The summed E-state index contributed by atoms with van der Waals surface area (Å²) < 4.78 is 29.7. The van der Waals surface area contributed by atoms with Crippen molar-refractivity contribution in [3.05, 3.63) is 52.5 Å². The highest BCUT2D eigenvalue weighted by Crippen LogP contribution is 2.21. The molecule has 126 valence electrons. The largest absolute Gasteiger partial charge is 0.465 e. The van der Waals surface area contributed by atoms with E-state index in [0.29, 0.717) is 4.47 Å². The summed E-state index contributed by atoms with van der Waals surface area (Å²) in [6.45, 7) is 0. The van der Waals surface area contributed by atoms with Crippen molar-refractivity contribution in [3.8, 4) is 0 Å². The van der Waals surface area contributed by atoms with Crippen LogP contribution in [0, 0.1) is 0 Å². The van der Waals surface area contributed by atoms with Crippen molar-refractivity contribution in [2.24, 2.45) is 0 Å². The molecule has 0 atom stereocenters. The van der Waals surface area contributed by atoms with Crippen molar-refractivity contribution in [2.75, 3.05) is 7.11 Å². The Labute approximate surface area is 145 Å². The summed E-state index contributed by atoms with van der Waals surface area (Å²) in [4.78, 5) is 32.5. The van der Waals surface area contributed by atoms with Gasteiger partial charge in [0.1, 0.15) is 5.69 Å². The van der Waals surface area contributed by atoms with Crippen LogP contribution in [0.5, 0.6) is 0 Å². The number of aromatic nitrogens is 2. The normalized spacial score (nSPS) is 10.9. The fourth-order valence-corrected chi connectivity index (χ4v) is 3.03. The van der Waals surface area contributed by atoms with Crippen LogP contribution in [0.4, 0.5) is 0 Å². The number of halogens is 1. The molecule has 0 aliphatic rings. The van der Waals surface area contributed by atoms with E-state index in [4.69, 9.17) is 0 Å². The molecule has 1 heterocycles. The fraction of sp³-hybridized carbons (Fsp3) is 0.0769. The van der Waals surface area contributed by atoms with Gasteiger partial charge in [0, 0.05) is 16.9 Å². The van der Waals surface area contributed by atoms with E-state index in [1.165, 1.54) is 36.8 Å². The first-order valence-electron chi connectivity index (χ1n) is 6.31. The molecule has 0 unspecified atom stereocenters. The fourth-order valence-electron chi connectivity index (χ4n) is 1.65. The molecular weight excluding hydrogens is 404 g/mol. The Hall–Kier alpha value is -2.37. The summed E-state index contributed by atoms with van der Waals surface area (Å²) in [6, 6.07) is 3.93. The molecule has 1 aromatic carbocycles. The van der Waals surface area contributed by atoms with Crippen LogP contribution in [0.15, 0.2) is 46.2 Å². The summed E-state index contributed by atoms with van der Waals surface area (Å²) in [6.07, 6.45) is 3.82. The van der Waals surface area contributed by atoms with Crippen LogP contribution in [0.3, 0.4) is 0 Å². The van der Waals surface area contributed by atoms with E-state index < -0.39 is 21.9 Å². The predicted octanol–water partition coefficient (Wildman–Crippen LogP) is 0.649. The summed E-state index contributed by atoms with van der Waals surface area (Å²) in [7, 11) is -3.09. The molecule has 0 radical (unpaired) electrons. The first-order valence-corrected chi connectivity index (χ1v) is 8.59. The van der Waals surface area contributed by atoms with Crippen LogP contribution >= 0.6 is 15.9 Å². The zero-order chi connectivity index (χ0) is 17.7. The number of benzene rings is 1. The summed E-state index contributed by atoms with van der Waals surface area (Å²) >= 11 is 3.15. The van der Waals surface area contributed by atoms with E-state index in [-0.39, 0.29) is 16.2 Å². The Balaban J connectivity index is 2.25. The smallest absolute Gasteiger partial charge is 0.339 e. The van der Waals surface area contributed by atoms with Crippen LogP contribution in [-0.4, -0.2) is 37.4 Å². The van der Waals surface area contributed by atoms with Gasteiger partial charge in [0.2, 0.25) is 0 Å². The minimum absolute atomic E-state index is 0.0794. The lowest BCUT2D eigenvalue weighted by atomic mass is 10.2. The second kappa shape index (κ2) is 7.47. The Bertz CT molecular complexity index is 873. The molecule has 2 rings (SSSR count). The number of amides is 1. The SMILES string of the molecule is COC(=O)c1cc(Br)ccc1S(=O)(=O)NNC(=O)c1cnccn1.